The molecule has 0 aliphatic carbocycles. The molecule has 152 valence electrons. The van der Waals surface area contributed by atoms with Gasteiger partial charge in [0.05, 0.1) is 11.1 Å². The first-order valence-corrected chi connectivity index (χ1v) is 9.68. The number of ether oxygens (including phenoxy) is 2. The molecule has 1 aliphatic heterocycles. The van der Waals surface area contributed by atoms with Crippen molar-refractivity contribution in [2.45, 2.75) is 33.1 Å². The van der Waals surface area contributed by atoms with E-state index < -0.39 is 5.97 Å². The summed E-state index contributed by atoms with van der Waals surface area (Å²) in [7, 11) is 0. The molecule has 5 heteroatoms. The number of carbonyl (C=O) groups is 2. The second-order valence-electron chi connectivity index (χ2n) is 8.26. The monoisotopic (exact) mass is 402 g/mol. The van der Waals surface area contributed by atoms with Crippen LogP contribution in [0.1, 0.15) is 58.6 Å². The van der Waals surface area contributed by atoms with Crippen molar-refractivity contribution in [2.75, 3.05) is 0 Å². The lowest BCUT2D eigenvalue weighted by Crippen LogP contribution is -2.12. The van der Waals surface area contributed by atoms with E-state index in [4.69, 9.17) is 13.9 Å². The molecule has 0 saturated carbocycles. The summed E-state index contributed by atoms with van der Waals surface area (Å²) in [6, 6.07) is 15.7. The molecule has 0 unspecified atom stereocenters. The third-order valence-corrected chi connectivity index (χ3v) is 4.87. The number of Topliss-reactive ketones (excluding diaryl/α,β-unsaturated/α-hetero) is 1. The van der Waals surface area contributed by atoms with Crippen molar-refractivity contribution < 1.29 is 23.5 Å². The average molecular weight is 402 g/mol. The maximum atomic E-state index is 12.5. The Morgan fingerprint density at radius 1 is 1.00 bits per heavy atom. The van der Waals surface area contributed by atoms with Crippen molar-refractivity contribution in [3.63, 3.8) is 0 Å². The minimum absolute atomic E-state index is 0.00582. The zero-order valence-electron chi connectivity index (χ0n) is 17.3. The van der Waals surface area contributed by atoms with Gasteiger partial charge in [-0.05, 0) is 54.3 Å². The second-order valence-corrected chi connectivity index (χ2v) is 8.26. The number of rotatable bonds is 3. The molecule has 30 heavy (non-hydrogen) atoms. The largest absolute Gasteiger partial charge is 0.462 e. The Morgan fingerprint density at radius 3 is 2.37 bits per heavy atom. The fraction of sp³-hybridized carbons (Fsp3) is 0.200. The van der Waals surface area contributed by atoms with Crippen molar-refractivity contribution in [1.82, 2.24) is 0 Å². The van der Waals surface area contributed by atoms with Crippen molar-refractivity contribution in [3.8, 4) is 11.5 Å². The Kier molecular flexibility index (Phi) is 4.82. The fourth-order valence-corrected chi connectivity index (χ4v) is 3.16. The molecule has 2 heterocycles. The molecular weight excluding hydrogens is 380 g/mol. The summed E-state index contributed by atoms with van der Waals surface area (Å²) in [6.45, 7) is 8.16. The van der Waals surface area contributed by atoms with E-state index in [9.17, 15) is 9.59 Å². The quantitative estimate of drug-likeness (QED) is 0.318. The Morgan fingerprint density at radius 2 is 1.73 bits per heavy atom. The maximum absolute atomic E-state index is 12.5. The second kappa shape index (κ2) is 7.34. The first-order chi connectivity index (χ1) is 14.2. The number of hydrogen-bond donors (Lipinski definition) is 0. The molecule has 5 nitrogen and oxygen atoms in total. The van der Waals surface area contributed by atoms with Crippen LogP contribution in [0.4, 0.5) is 0 Å². The predicted octanol–water partition coefficient (Wildman–Crippen LogP) is 5.72. The molecule has 0 fully saturated rings. The van der Waals surface area contributed by atoms with Crippen molar-refractivity contribution in [3.05, 3.63) is 88.6 Å². The fourth-order valence-electron chi connectivity index (χ4n) is 3.16. The molecule has 0 atom stereocenters. The van der Waals surface area contributed by atoms with E-state index >= 15 is 0 Å². The summed E-state index contributed by atoms with van der Waals surface area (Å²) >= 11 is 0. The molecular formula is C25H22O5. The van der Waals surface area contributed by atoms with Gasteiger partial charge >= 0.3 is 5.97 Å². The molecule has 0 bridgehead atoms. The minimum atomic E-state index is -0.471. The summed E-state index contributed by atoms with van der Waals surface area (Å²) < 4.78 is 16.6. The van der Waals surface area contributed by atoms with Gasteiger partial charge in [-0.2, -0.15) is 0 Å². The molecule has 0 N–H and O–H groups in total. The smallest absolute Gasteiger partial charge is 0.343 e. The van der Waals surface area contributed by atoms with E-state index in [1.807, 2.05) is 25.1 Å². The van der Waals surface area contributed by atoms with Crippen molar-refractivity contribution in [1.29, 1.82) is 0 Å². The van der Waals surface area contributed by atoms with E-state index in [2.05, 4.69) is 20.8 Å². The minimum Gasteiger partial charge on any atom is -0.462 e. The molecule has 0 spiro atoms. The molecule has 0 saturated heterocycles. The van der Waals surface area contributed by atoms with Gasteiger partial charge in [0.1, 0.15) is 23.0 Å². The Labute approximate surface area is 174 Å². The van der Waals surface area contributed by atoms with Crippen LogP contribution in [0.15, 0.2) is 64.8 Å². The normalized spacial score (nSPS) is 14.5. The molecule has 2 aromatic carbocycles. The van der Waals surface area contributed by atoms with Gasteiger partial charge in [0.15, 0.2) is 5.76 Å². The molecule has 1 aliphatic rings. The lowest BCUT2D eigenvalue weighted by atomic mass is 9.87. The number of hydrogen-bond acceptors (Lipinski definition) is 5. The number of ketones is 1. The number of aryl methyl sites for hydroxylation is 1. The van der Waals surface area contributed by atoms with Gasteiger partial charge < -0.3 is 13.9 Å². The van der Waals surface area contributed by atoms with Crippen molar-refractivity contribution >= 4 is 17.8 Å². The summed E-state index contributed by atoms with van der Waals surface area (Å²) in [5.74, 6) is 1.39. The van der Waals surface area contributed by atoms with Gasteiger partial charge in [0, 0.05) is 12.1 Å². The average Bonchev–Trinajstić information content (AvgIpc) is 3.24. The van der Waals surface area contributed by atoms with Crippen LogP contribution >= 0.6 is 0 Å². The highest BCUT2D eigenvalue weighted by Gasteiger charge is 2.28. The van der Waals surface area contributed by atoms with Crippen LogP contribution < -0.4 is 9.47 Å². The number of benzene rings is 2. The van der Waals surface area contributed by atoms with Crippen LogP contribution in [0.2, 0.25) is 0 Å². The van der Waals surface area contributed by atoms with Gasteiger partial charge in [-0.1, -0.05) is 32.9 Å². The highest BCUT2D eigenvalue weighted by Crippen LogP contribution is 2.35. The van der Waals surface area contributed by atoms with Gasteiger partial charge in [-0.25, -0.2) is 4.79 Å². The molecule has 3 aromatic rings. The van der Waals surface area contributed by atoms with Crippen LogP contribution in [0.25, 0.3) is 6.08 Å². The topological polar surface area (TPSA) is 65.7 Å². The van der Waals surface area contributed by atoms with Gasteiger partial charge in [-0.15, -0.1) is 0 Å². The lowest BCUT2D eigenvalue weighted by molar-refractivity contribution is 0.0734. The predicted molar refractivity (Wildman–Crippen MR) is 113 cm³/mol. The third kappa shape index (κ3) is 3.92. The number of furan rings is 1. The number of allylic oxidation sites excluding steroid dienone is 1. The summed E-state index contributed by atoms with van der Waals surface area (Å²) in [5.41, 5.74) is 2.01. The number of esters is 1. The zero-order valence-corrected chi connectivity index (χ0v) is 17.3. The van der Waals surface area contributed by atoms with Gasteiger partial charge in [0.2, 0.25) is 5.78 Å². The van der Waals surface area contributed by atoms with E-state index in [1.54, 1.807) is 42.5 Å². The highest BCUT2D eigenvalue weighted by molar-refractivity contribution is 6.14. The molecule has 0 radical (unpaired) electrons. The van der Waals surface area contributed by atoms with Crippen LogP contribution in [0.3, 0.4) is 0 Å². The van der Waals surface area contributed by atoms with Crippen molar-refractivity contribution in [2.24, 2.45) is 0 Å². The first kappa shape index (κ1) is 19.7. The highest BCUT2D eigenvalue weighted by atomic mass is 16.5. The van der Waals surface area contributed by atoms with E-state index in [0.29, 0.717) is 28.4 Å². The first-order valence-electron chi connectivity index (χ1n) is 9.68. The SMILES string of the molecule is Cc1ccc(/C=C2/Oc3cc(OC(=O)c4ccc(C(C)(C)C)cc4)ccc3C2=O)o1. The number of fused-ring (bicyclic) bond motifs is 1. The number of carbonyl (C=O) groups excluding carboxylic acids is 2. The molecule has 4 rings (SSSR count). The van der Waals surface area contributed by atoms with Crippen LogP contribution in [0.5, 0.6) is 11.5 Å². The lowest BCUT2D eigenvalue weighted by Gasteiger charge is -2.18. The van der Waals surface area contributed by atoms with E-state index in [-0.39, 0.29) is 17.0 Å². The Bertz CT molecular complexity index is 1160. The van der Waals surface area contributed by atoms with Crippen LogP contribution in [0, 0.1) is 6.92 Å². The molecule has 0 amide bonds. The van der Waals surface area contributed by atoms with E-state index in [0.717, 1.165) is 11.3 Å². The maximum Gasteiger partial charge on any atom is 0.343 e. The summed E-state index contributed by atoms with van der Waals surface area (Å²) in [4.78, 5) is 25.0. The third-order valence-electron chi connectivity index (χ3n) is 4.87. The summed E-state index contributed by atoms with van der Waals surface area (Å²) in [5, 5.41) is 0. The van der Waals surface area contributed by atoms with Crippen LogP contribution in [-0.2, 0) is 5.41 Å². The molecule has 1 aromatic heterocycles. The van der Waals surface area contributed by atoms with Gasteiger partial charge in [0.25, 0.3) is 0 Å². The zero-order chi connectivity index (χ0) is 21.5. The van der Waals surface area contributed by atoms with E-state index in [1.165, 1.54) is 0 Å². The standard InChI is InChI=1S/C25H22O5/c1-15-5-10-18(28-15)14-22-23(26)20-12-11-19(13-21(20)30-22)29-24(27)16-6-8-17(9-7-16)25(2,3)4/h5-14H,1-4H3/b22-14+. The summed E-state index contributed by atoms with van der Waals surface area (Å²) in [6.07, 6.45) is 1.55. The Balaban J connectivity index is 1.51. The Hall–Kier alpha value is -3.60. The van der Waals surface area contributed by atoms with Gasteiger partial charge in [-0.3, -0.25) is 4.79 Å². The van der Waals surface area contributed by atoms with Crippen LogP contribution in [-0.4, -0.2) is 11.8 Å².